The van der Waals surface area contributed by atoms with Gasteiger partial charge in [0.25, 0.3) is 5.78 Å². The molecule has 3 heterocycles. The molecule has 0 radical (unpaired) electrons. The van der Waals surface area contributed by atoms with Crippen molar-refractivity contribution in [2.75, 3.05) is 0 Å². The Kier molecular flexibility index (Phi) is 4.68. The molecule has 0 unspecified atom stereocenters. The van der Waals surface area contributed by atoms with Gasteiger partial charge in [0, 0.05) is 18.3 Å². The van der Waals surface area contributed by atoms with Crippen molar-refractivity contribution in [3.05, 3.63) is 54.1 Å². The second-order valence-electron chi connectivity index (χ2n) is 7.52. The van der Waals surface area contributed by atoms with Crippen molar-refractivity contribution < 1.29 is 14.6 Å². The first-order valence-corrected chi connectivity index (χ1v) is 9.10. The van der Waals surface area contributed by atoms with Crippen LogP contribution in [-0.4, -0.2) is 40.7 Å². The highest BCUT2D eigenvalue weighted by Crippen LogP contribution is 2.32. The number of aliphatic hydroxyl groups is 1. The summed E-state index contributed by atoms with van der Waals surface area (Å²) in [6, 6.07) is 7.55. The van der Waals surface area contributed by atoms with Crippen molar-refractivity contribution in [1.29, 1.82) is 0 Å². The zero-order chi connectivity index (χ0) is 21.3. The number of ketones is 1. The van der Waals surface area contributed by atoms with Crippen molar-refractivity contribution >= 4 is 11.4 Å². The van der Waals surface area contributed by atoms with Crippen LogP contribution in [0.15, 0.2) is 42.9 Å². The molecule has 2 N–H and O–H groups in total. The van der Waals surface area contributed by atoms with E-state index < -0.39 is 5.78 Å². The van der Waals surface area contributed by atoms with Crippen LogP contribution in [0.4, 0.5) is 0 Å². The fourth-order valence-corrected chi connectivity index (χ4v) is 2.88. The van der Waals surface area contributed by atoms with Crippen LogP contribution >= 0.6 is 0 Å². The van der Waals surface area contributed by atoms with Gasteiger partial charge in [-0.15, -0.1) is 0 Å². The average Bonchev–Trinajstić information content (AvgIpc) is 3.29. The molecule has 1 aromatic carbocycles. The minimum atomic E-state index is -0.694. The van der Waals surface area contributed by atoms with Gasteiger partial charge in [-0.05, 0) is 23.1 Å². The van der Waals surface area contributed by atoms with Crippen LogP contribution in [0.25, 0.3) is 17.2 Å². The Labute approximate surface area is 171 Å². The normalized spacial score (nSPS) is 11.2. The summed E-state index contributed by atoms with van der Waals surface area (Å²) in [4.78, 5) is 20.6. The molecule has 0 saturated carbocycles. The number of nitrogens with one attached hydrogen (secondary N) is 1. The van der Waals surface area contributed by atoms with E-state index in [1.54, 1.807) is 6.11 Å². The zero-order valence-corrected chi connectivity index (χ0v) is 16.5. The highest BCUT2D eigenvalue weighted by Gasteiger charge is 2.25. The number of benzene rings is 1. The Balaban J connectivity index is 1.81. The summed E-state index contributed by atoms with van der Waals surface area (Å²) in [6.45, 7) is 6.35. The topological polar surface area (TPSA) is 118 Å². The quantitative estimate of drug-likeness (QED) is 0.398. The zero-order valence-electron chi connectivity index (χ0n) is 16.5. The molecule has 0 aliphatic rings. The SMILES string of the molecule is CC(C)(C)c1ccc(Oc2c(C(=O)C#CO)nn3c(-c4cnccn4)n[nH]c23)cc1. The maximum Gasteiger partial charge on any atom is 0.263 e. The average molecular weight is 402 g/mol. The van der Waals surface area contributed by atoms with Crippen molar-refractivity contribution in [1.82, 2.24) is 29.8 Å². The van der Waals surface area contributed by atoms with Gasteiger partial charge >= 0.3 is 0 Å². The molecule has 0 atom stereocenters. The number of fused-ring (bicyclic) bond motifs is 1. The molecule has 0 fully saturated rings. The standard InChI is InChI=1S/C21H18N6O3/c1-21(2,3)13-4-6-14(7-5-13)30-18-17(16(29)8-11-28)26-27-19(24-25-20(18)27)15-12-22-9-10-23-15/h4-7,9-10,12,25,28H,1-3H3. The van der Waals surface area contributed by atoms with E-state index in [2.05, 4.69) is 52.0 Å². The molecule has 150 valence electrons. The third kappa shape index (κ3) is 3.46. The van der Waals surface area contributed by atoms with Gasteiger partial charge < -0.3 is 9.84 Å². The van der Waals surface area contributed by atoms with Crippen LogP contribution in [-0.2, 0) is 5.41 Å². The number of carbonyl (C=O) groups is 1. The van der Waals surface area contributed by atoms with Gasteiger partial charge in [-0.25, -0.2) is 4.98 Å². The third-order valence-electron chi connectivity index (χ3n) is 4.43. The molecule has 4 aromatic rings. The Bertz CT molecular complexity index is 1270. The number of H-pyrrole nitrogens is 1. The molecular formula is C21H18N6O3. The molecule has 0 amide bonds. The van der Waals surface area contributed by atoms with Gasteiger partial charge in [0.1, 0.15) is 17.5 Å². The number of hydrogen-bond acceptors (Lipinski definition) is 7. The smallest absolute Gasteiger partial charge is 0.263 e. The number of aromatic nitrogens is 6. The lowest BCUT2D eigenvalue weighted by molar-refractivity contribution is 0.104. The first-order valence-electron chi connectivity index (χ1n) is 9.10. The predicted molar refractivity (Wildman–Crippen MR) is 108 cm³/mol. The molecule has 0 saturated heterocycles. The molecule has 30 heavy (non-hydrogen) atoms. The molecule has 4 rings (SSSR count). The van der Waals surface area contributed by atoms with E-state index in [0.29, 0.717) is 22.9 Å². The number of ether oxygens (including phenoxy) is 1. The Morgan fingerprint density at radius 3 is 2.60 bits per heavy atom. The van der Waals surface area contributed by atoms with Crippen LogP contribution in [0.1, 0.15) is 36.8 Å². The van der Waals surface area contributed by atoms with E-state index in [1.165, 1.54) is 23.1 Å². The first kappa shape index (κ1) is 19.1. The van der Waals surface area contributed by atoms with Crippen molar-refractivity contribution in [2.45, 2.75) is 26.2 Å². The summed E-state index contributed by atoms with van der Waals surface area (Å²) in [6.07, 6.45) is 6.20. The monoisotopic (exact) mass is 402 g/mol. The minimum Gasteiger partial charge on any atom is -0.462 e. The van der Waals surface area contributed by atoms with Gasteiger partial charge in [-0.3, -0.25) is 14.9 Å². The fraction of sp³-hybridized carbons (Fsp3) is 0.190. The first-order chi connectivity index (χ1) is 14.4. The fourth-order valence-electron chi connectivity index (χ4n) is 2.88. The van der Waals surface area contributed by atoms with Gasteiger partial charge in [-0.1, -0.05) is 32.9 Å². The number of aromatic amines is 1. The highest BCUT2D eigenvalue weighted by atomic mass is 16.5. The van der Waals surface area contributed by atoms with Crippen LogP contribution in [0.2, 0.25) is 0 Å². The Morgan fingerprint density at radius 1 is 1.20 bits per heavy atom. The Morgan fingerprint density at radius 2 is 1.97 bits per heavy atom. The minimum absolute atomic E-state index is 0.00362. The van der Waals surface area contributed by atoms with E-state index in [9.17, 15) is 4.79 Å². The largest absolute Gasteiger partial charge is 0.462 e. The molecule has 0 aliphatic carbocycles. The summed E-state index contributed by atoms with van der Waals surface area (Å²) in [5.74, 6) is 2.39. The van der Waals surface area contributed by atoms with Crippen LogP contribution < -0.4 is 4.74 Å². The number of carbonyl (C=O) groups excluding carboxylic acids is 1. The number of Topliss-reactive ketones (excluding diaryl/α,β-unsaturated/α-hetero) is 1. The van der Waals surface area contributed by atoms with Gasteiger partial charge in [0.2, 0.25) is 11.6 Å². The van der Waals surface area contributed by atoms with Crippen LogP contribution in [0.5, 0.6) is 11.5 Å². The predicted octanol–water partition coefficient (Wildman–Crippen LogP) is 3.12. The van der Waals surface area contributed by atoms with E-state index in [4.69, 9.17) is 9.84 Å². The van der Waals surface area contributed by atoms with Crippen LogP contribution in [0, 0.1) is 12.0 Å². The number of hydrogen-bond donors (Lipinski definition) is 2. The summed E-state index contributed by atoms with van der Waals surface area (Å²) in [5.41, 5.74) is 1.88. The number of aliphatic hydroxyl groups excluding tert-OH is 1. The second-order valence-corrected chi connectivity index (χ2v) is 7.52. The second kappa shape index (κ2) is 7.33. The lowest BCUT2D eigenvalue weighted by Gasteiger charge is -2.19. The molecule has 0 bridgehead atoms. The van der Waals surface area contributed by atoms with E-state index in [1.807, 2.05) is 24.3 Å². The number of rotatable bonds is 4. The van der Waals surface area contributed by atoms with Crippen molar-refractivity contribution in [3.8, 4) is 35.0 Å². The number of nitrogens with zero attached hydrogens (tertiary/aromatic N) is 5. The molecule has 9 heteroatoms. The van der Waals surface area contributed by atoms with E-state index in [-0.39, 0.29) is 16.9 Å². The lowest BCUT2D eigenvalue weighted by atomic mass is 9.87. The molecule has 0 aliphatic heterocycles. The van der Waals surface area contributed by atoms with E-state index in [0.717, 1.165) is 5.56 Å². The van der Waals surface area contributed by atoms with E-state index >= 15 is 0 Å². The van der Waals surface area contributed by atoms with Gasteiger partial charge in [0.05, 0.1) is 6.20 Å². The molecule has 9 nitrogen and oxygen atoms in total. The van der Waals surface area contributed by atoms with Gasteiger partial charge in [0.15, 0.2) is 11.3 Å². The van der Waals surface area contributed by atoms with Crippen molar-refractivity contribution in [3.63, 3.8) is 0 Å². The van der Waals surface area contributed by atoms with Gasteiger partial charge in [-0.2, -0.15) is 14.7 Å². The molecule has 0 spiro atoms. The van der Waals surface area contributed by atoms with Crippen molar-refractivity contribution in [2.24, 2.45) is 0 Å². The molecular weight excluding hydrogens is 384 g/mol. The Hall–Kier alpha value is -4.19. The summed E-state index contributed by atoms with van der Waals surface area (Å²) >= 11 is 0. The van der Waals surface area contributed by atoms with Crippen LogP contribution in [0.3, 0.4) is 0 Å². The summed E-state index contributed by atoms with van der Waals surface area (Å²) in [7, 11) is 0. The summed E-state index contributed by atoms with van der Waals surface area (Å²) < 4.78 is 7.38. The molecule has 3 aromatic heterocycles. The maximum absolute atomic E-state index is 12.4. The highest BCUT2D eigenvalue weighted by molar-refractivity contribution is 6.10. The summed E-state index contributed by atoms with van der Waals surface area (Å²) in [5, 5.41) is 20.2. The maximum atomic E-state index is 12.4. The third-order valence-corrected chi connectivity index (χ3v) is 4.43. The lowest BCUT2D eigenvalue weighted by Crippen LogP contribution is -2.10.